The molecule has 182 valence electrons. The van der Waals surface area contributed by atoms with Gasteiger partial charge in [0.05, 0.1) is 7.11 Å². The zero-order chi connectivity index (χ0) is 24.9. The highest BCUT2D eigenvalue weighted by molar-refractivity contribution is 9.10. The lowest BCUT2D eigenvalue weighted by atomic mass is 10.0. The largest absolute Gasteiger partial charge is 0.493 e. The summed E-state index contributed by atoms with van der Waals surface area (Å²) in [6.45, 7) is 0.425. The highest BCUT2D eigenvalue weighted by Gasteiger charge is 2.22. The fraction of sp³-hybridized carbons (Fsp3) is 0.192. The number of ether oxygens (including phenoxy) is 2. The molecule has 35 heavy (non-hydrogen) atoms. The van der Waals surface area contributed by atoms with Crippen LogP contribution in [0.15, 0.2) is 65.3 Å². The highest BCUT2D eigenvalue weighted by Crippen LogP contribution is 2.37. The number of hydrogen-bond donors (Lipinski definition) is 3. The first-order chi connectivity index (χ1) is 16.9. The van der Waals surface area contributed by atoms with Gasteiger partial charge >= 0.3 is 5.97 Å². The summed E-state index contributed by atoms with van der Waals surface area (Å²) >= 11 is 15.9. The van der Waals surface area contributed by atoms with Gasteiger partial charge in [-0.2, -0.15) is 0 Å². The van der Waals surface area contributed by atoms with Gasteiger partial charge in [0.2, 0.25) is 0 Å². The Kier molecular flexibility index (Phi) is 8.23. The van der Waals surface area contributed by atoms with Crippen molar-refractivity contribution < 1.29 is 19.4 Å². The Hall–Kier alpha value is -2.71. The van der Waals surface area contributed by atoms with E-state index < -0.39 is 12.0 Å². The van der Waals surface area contributed by atoms with Crippen molar-refractivity contribution in [2.24, 2.45) is 0 Å². The van der Waals surface area contributed by atoms with E-state index in [4.69, 9.17) is 32.7 Å². The second kappa shape index (κ2) is 11.4. The number of benzene rings is 3. The molecule has 0 bridgehead atoms. The second-order valence-corrected chi connectivity index (χ2v) is 9.62. The van der Waals surface area contributed by atoms with Gasteiger partial charge in [-0.25, -0.2) is 0 Å². The third kappa shape index (κ3) is 5.93. The summed E-state index contributed by atoms with van der Waals surface area (Å²) in [5, 5.41) is 15.1. The topological polar surface area (TPSA) is 83.6 Å². The number of fused-ring (bicyclic) bond motifs is 1. The van der Waals surface area contributed by atoms with Crippen LogP contribution in [0.2, 0.25) is 10.0 Å². The molecule has 0 aliphatic heterocycles. The molecule has 1 atom stereocenters. The summed E-state index contributed by atoms with van der Waals surface area (Å²) in [6, 6.07) is 15.8. The maximum Gasteiger partial charge on any atom is 0.321 e. The fourth-order valence-electron chi connectivity index (χ4n) is 3.85. The lowest BCUT2D eigenvalue weighted by Gasteiger charge is -2.20. The van der Waals surface area contributed by atoms with E-state index >= 15 is 0 Å². The van der Waals surface area contributed by atoms with Crippen molar-refractivity contribution in [2.45, 2.75) is 25.6 Å². The van der Waals surface area contributed by atoms with Crippen LogP contribution in [0.25, 0.3) is 10.9 Å². The Morgan fingerprint density at radius 2 is 1.94 bits per heavy atom. The van der Waals surface area contributed by atoms with Crippen molar-refractivity contribution in [3.63, 3.8) is 0 Å². The average Bonchev–Trinajstić information content (AvgIpc) is 3.24. The van der Waals surface area contributed by atoms with E-state index in [0.717, 1.165) is 32.1 Å². The summed E-state index contributed by atoms with van der Waals surface area (Å²) in [6.07, 6.45) is 2.17. The monoisotopic (exact) mass is 576 g/mol. The van der Waals surface area contributed by atoms with Crippen LogP contribution in [-0.4, -0.2) is 29.2 Å². The van der Waals surface area contributed by atoms with Crippen molar-refractivity contribution >= 4 is 56.0 Å². The molecule has 0 aliphatic rings. The molecule has 0 amide bonds. The van der Waals surface area contributed by atoms with E-state index in [-0.39, 0.29) is 13.2 Å². The van der Waals surface area contributed by atoms with E-state index in [0.29, 0.717) is 28.0 Å². The van der Waals surface area contributed by atoms with E-state index in [9.17, 15) is 9.90 Å². The maximum absolute atomic E-state index is 12.1. The van der Waals surface area contributed by atoms with E-state index in [1.165, 1.54) is 0 Å². The molecule has 0 aliphatic carbocycles. The Morgan fingerprint density at radius 3 is 2.69 bits per heavy atom. The molecule has 4 aromatic rings. The quantitative estimate of drug-likeness (QED) is 0.197. The van der Waals surface area contributed by atoms with Crippen LogP contribution in [0.4, 0.5) is 0 Å². The van der Waals surface area contributed by atoms with Crippen molar-refractivity contribution in [3.8, 4) is 11.5 Å². The van der Waals surface area contributed by atoms with Crippen molar-refractivity contribution in [2.75, 3.05) is 7.11 Å². The molecule has 9 heteroatoms. The Morgan fingerprint density at radius 1 is 1.14 bits per heavy atom. The summed E-state index contributed by atoms with van der Waals surface area (Å²) < 4.78 is 12.4. The smallest absolute Gasteiger partial charge is 0.321 e. The van der Waals surface area contributed by atoms with Crippen LogP contribution in [0.5, 0.6) is 11.5 Å². The Balaban J connectivity index is 1.55. The zero-order valence-electron chi connectivity index (χ0n) is 18.8. The molecule has 0 saturated heterocycles. The van der Waals surface area contributed by atoms with Gasteiger partial charge < -0.3 is 19.6 Å². The number of nitrogens with one attached hydrogen (secondary N) is 2. The average molecular weight is 578 g/mol. The lowest BCUT2D eigenvalue weighted by Crippen LogP contribution is -2.38. The maximum atomic E-state index is 12.1. The van der Waals surface area contributed by atoms with Crippen molar-refractivity contribution in [1.29, 1.82) is 0 Å². The molecule has 4 rings (SSSR count). The normalized spacial score (nSPS) is 12.0. The molecule has 1 unspecified atom stereocenters. The number of carboxylic acid groups (broad SMARTS) is 1. The molecule has 0 radical (unpaired) electrons. The van der Waals surface area contributed by atoms with Gasteiger partial charge in [-0.1, -0.05) is 63.4 Å². The standard InChI is InChI=1S/C26H23BrCl2N2O4/c1-34-24-9-8-20(27)19(25(24)35-14-15-6-7-17(28)11-21(15)29)13-31-23(26(32)33)10-16-12-30-22-5-3-2-4-18(16)22/h2-9,11-12,23,30-31H,10,13-14H2,1H3,(H,32,33). The minimum absolute atomic E-state index is 0.188. The van der Waals surface area contributed by atoms with E-state index in [1.54, 1.807) is 31.4 Å². The van der Waals surface area contributed by atoms with Crippen LogP contribution in [-0.2, 0) is 24.4 Å². The number of halogens is 3. The first-order valence-corrected chi connectivity index (χ1v) is 12.4. The number of aromatic nitrogens is 1. The molecular formula is C26H23BrCl2N2O4. The molecular weight excluding hydrogens is 555 g/mol. The fourth-order valence-corrected chi connectivity index (χ4v) is 4.76. The molecule has 3 aromatic carbocycles. The van der Waals surface area contributed by atoms with Gasteiger partial charge in [-0.05, 0) is 35.9 Å². The van der Waals surface area contributed by atoms with Crippen LogP contribution in [0, 0.1) is 0 Å². The summed E-state index contributed by atoms with van der Waals surface area (Å²) in [5.41, 5.74) is 3.40. The summed E-state index contributed by atoms with van der Waals surface area (Å²) in [5.74, 6) is 0.0833. The van der Waals surface area contributed by atoms with E-state index in [1.807, 2.05) is 36.5 Å². The van der Waals surface area contributed by atoms with Crippen molar-refractivity contribution in [3.05, 3.63) is 92.0 Å². The summed E-state index contributed by atoms with van der Waals surface area (Å²) in [4.78, 5) is 15.3. The SMILES string of the molecule is COc1ccc(Br)c(CNC(Cc2c[nH]c3ccccc23)C(=O)O)c1OCc1ccc(Cl)cc1Cl. The third-order valence-electron chi connectivity index (χ3n) is 5.70. The molecule has 0 saturated carbocycles. The van der Waals surface area contributed by atoms with Gasteiger partial charge in [0.1, 0.15) is 12.6 Å². The number of aromatic amines is 1. The highest BCUT2D eigenvalue weighted by atomic mass is 79.9. The second-order valence-electron chi connectivity index (χ2n) is 7.92. The number of hydrogen-bond acceptors (Lipinski definition) is 4. The van der Waals surface area contributed by atoms with Gasteiger partial charge in [-0.3, -0.25) is 10.1 Å². The van der Waals surface area contributed by atoms with Crippen LogP contribution in [0.1, 0.15) is 16.7 Å². The van der Waals surface area contributed by atoms with Gasteiger partial charge in [0.25, 0.3) is 0 Å². The lowest BCUT2D eigenvalue weighted by molar-refractivity contribution is -0.139. The third-order valence-corrected chi connectivity index (χ3v) is 7.03. The number of carboxylic acids is 1. The van der Waals surface area contributed by atoms with E-state index in [2.05, 4.69) is 26.2 Å². The zero-order valence-corrected chi connectivity index (χ0v) is 21.9. The molecule has 1 aromatic heterocycles. The molecule has 6 nitrogen and oxygen atoms in total. The Labute approximate surface area is 221 Å². The number of para-hydroxylation sites is 1. The Bertz CT molecular complexity index is 1360. The predicted octanol–water partition coefficient (Wildman–Crippen LogP) is 6.61. The predicted molar refractivity (Wildman–Crippen MR) is 142 cm³/mol. The minimum Gasteiger partial charge on any atom is -0.493 e. The van der Waals surface area contributed by atoms with Crippen LogP contribution >= 0.6 is 39.1 Å². The van der Waals surface area contributed by atoms with Gasteiger partial charge in [0.15, 0.2) is 11.5 Å². The number of methoxy groups -OCH3 is 1. The molecule has 0 spiro atoms. The van der Waals surface area contributed by atoms with Crippen LogP contribution in [0.3, 0.4) is 0 Å². The molecule has 0 fully saturated rings. The first kappa shape index (κ1) is 25.4. The molecule has 1 heterocycles. The number of H-pyrrole nitrogens is 1. The number of carbonyl (C=O) groups is 1. The summed E-state index contributed by atoms with van der Waals surface area (Å²) in [7, 11) is 1.56. The first-order valence-electron chi connectivity index (χ1n) is 10.8. The number of rotatable bonds is 10. The van der Waals surface area contributed by atoms with Crippen LogP contribution < -0.4 is 14.8 Å². The molecule has 3 N–H and O–H groups in total. The van der Waals surface area contributed by atoms with Crippen molar-refractivity contribution in [1.82, 2.24) is 10.3 Å². The number of aliphatic carboxylic acids is 1. The van der Waals surface area contributed by atoms with Gasteiger partial charge in [-0.15, -0.1) is 0 Å². The van der Waals surface area contributed by atoms with Gasteiger partial charge in [0, 0.05) is 55.7 Å². The minimum atomic E-state index is -0.940.